The van der Waals surface area contributed by atoms with Gasteiger partial charge in [0.2, 0.25) is 5.91 Å². The Morgan fingerprint density at radius 2 is 1.86 bits per heavy atom. The van der Waals surface area contributed by atoms with E-state index in [4.69, 9.17) is 16.2 Å². The van der Waals surface area contributed by atoms with Gasteiger partial charge in [-0.3, -0.25) is 4.79 Å². The lowest BCUT2D eigenvalue weighted by molar-refractivity contribution is -0.119. The highest BCUT2D eigenvalue weighted by Crippen LogP contribution is 2.19. The summed E-state index contributed by atoms with van der Waals surface area (Å²) in [5.41, 5.74) is 11.9. The van der Waals surface area contributed by atoms with Crippen LogP contribution in [0.5, 0.6) is 5.75 Å². The first-order chi connectivity index (χ1) is 10.1. The molecule has 2 aromatic carbocycles. The Labute approximate surface area is 134 Å². The Hall–Kier alpha value is -2.11. The minimum Gasteiger partial charge on any atom is -0.489 e. The van der Waals surface area contributed by atoms with Crippen LogP contribution in [0, 0.1) is 5.82 Å². The van der Waals surface area contributed by atoms with Gasteiger partial charge in [-0.15, -0.1) is 12.4 Å². The molecule has 4 nitrogen and oxygen atoms in total. The van der Waals surface area contributed by atoms with E-state index in [1.165, 1.54) is 6.07 Å². The van der Waals surface area contributed by atoms with E-state index in [1.807, 2.05) is 30.3 Å². The molecule has 2 aromatic rings. The van der Waals surface area contributed by atoms with Gasteiger partial charge in [0.1, 0.15) is 18.2 Å². The van der Waals surface area contributed by atoms with Gasteiger partial charge in [-0.05, 0) is 23.6 Å². The third kappa shape index (κ3) is 5.02. The van der Waals surface area contributed by atoms with Crippen molar-refractivity contribution in [3.05, 3.63) is 65.5 Å². The van der Waals surface area contributed by atoms with Crippen LogP contribution >= 0.6 is 12.4 Å². The first-order valence-electron chi connectivity index (χ1n) is 6.56. The van der Waals surface area contributed by atoms with Gasteiger partial charge in [0.05, 0.1) is 6.04 Å². The summed E-state index contributed by atoms with van der Waals surface area (Å²) in [6, 6.07) is 13.2. The van der Waals surface area contributed by atoms with E-state index in [2.05, 4.69) is 0 Å². The lowest BCUT2D eigenvalue weighted by Crippen LogP contribution is -2.38. The number of primary amides is 1. The molecule has 22 heavy (non-hydrogen) atoms. The number of hydrogen-bond acceptors (Lipinski definition) is 3. The highest BCUT2D eigenvalue weighted by Gasteiger charge is 2.13. The van der Waals surface area contributed by atoms with Gasteiger partial charge < -0.3 is 16.2 Å². The van der Waals surface area contributed by atoms with Crippen molar-refractivity contribution in [1.82, 2.24) is 0 Å². The van der Waals surface area contributed by atoms with Gasteiger partial charge in [-0.1, -0.05) is 36.4 Å². The summed E-state index contributed by atoms with van der Waals surface area (Å²) in [6.07, 6.45) is 0.0696. The number of carbonyl (C=O) groups is 1. The van der Waals surface area contributed by atoms with Crippen molar-refractivity contribution in [1.29, 1.82) is 0 Å². The van der Waals surface area contributed by atoms with E-state index < -0.39 is 17.8 Å². The molecule has 0 saturated heterocycles. The van der Waals surface area contributed by atoms with E-state index in [1.54, 1.807) is 12.1 Å². The molecule has 0 radical (unpaired) electrons. The van der Waals surface area contributed by atoms with Crippen LogP contribution in [-0.4, -0.2) is 11.9 Å². The van der Waals surface area contributed by atoms with Crippen molar-refractivity contribution in [2.45, 2.75) is 19.1 Å². The standard InChI is InChI=1S/C16H17FN2O2.ClH/c17-14-9-13(21-10-11-4-2-1-3-5-11)7-6-12(14)8-15(18)16(19)20;/h1-7,9,15H,8,10,18H2,(H2,19,20);1H/t15-;/m0./s1. The monoisotopic (exact) mass is 324 g/mol. The summed E-state index contributed by atoms with van der Waals surface area (Å²) in [5, 5.41) is 0. The molecule has 6 heteroatoms. The van der Waals surface area contributed by atoms with Crippen molar-refractivity contribution >= 4 is 18.3 Å². The Bertz CT molecular complexity index is 623. The van der Waals surface area contributed by atoms with Gasteiger partial charge >= 0.3 is 0 Å². The predicted molar refractivity (Wildman–Crippen MR) is 85.3 cm³/mol. The Balaban J connectivity index is 0.00000242. The number of rotatable bonds is 6. The average molecular weight is 325 g/mol. The number of halogens is 2. The molecule has 1 amide bonds. The number of nitrogens with two attached hydrogens (primary N) is 2. The number of hydrogen-bond donors (Lipinski definition) is 2. The topological polar surface area (TPSA) is 78.3 Å². The molecular formula is C16H18ClFN2O2. The van der Waals surface area contributed by atoms with Crippen LogP contribution < -0.4 is 16.2 Å². The number of benzene rings is 2. The number of carbonyl (C=O) groups excluding carboxylic acids is 1. The first-order valence-corrected chi connectivity index (χ1v) is 6.56. The molecule has 0 aliphatic carbocycles. The van der Waals surface area contributed by atoms with Crippen LogP contribution in [0.2, 0.25) is 0 Å². The molecule has 118 valence electrons. The average Bonchev–Trinajstić information content (AvgIpc) is 2.48. The van der Waals surface area contributed by atoms with Crippen LogP contribution in [0.15, 0.2) is 48.5 Å². The zero-order valence-corrected chi connectivity index (χ0v) is 12.7. The zero-order chi connectivity index (χ0) is 15.2. The highest BCUT2D eigenvalue weighted by molar-refractivity contribution is 5.85. The zero-order valence-electron chi connectivity index (χ0n) is 11.9. The second-order valence-corrected chi connectivity index (χ2v) is 4.74. The molecule has 0 unspecified atom stereocenters. The summed E-state index contributed by atoms with van der Waals surface area (Å²) in [4.78, 5) is 10.9. The van der Waals surface area contributed by atoms with Crippen LogP contribution in [0.3, 0.4) is 0 Å². The quantitative estimate of drug-likeness (QED) is 0.855. The van der Waals surface area contributed by atoms with Crippen LogP contribution in [0.1, 0.15) is 11.1 Å². The van der Waals surface area contributed by atoms with Gasteiger partial charge in [-0.2, -0.15) is 0 Å². The largest absolute Gasteiger partial charge is 0.489 e. The second kappa shape index (κ2) is 8.36. The summed E-state index contributed by atoms with van der Waals surface area (Å²) in [6.45, 7) is 0.362. The molecule has 0 spiro atoms. The maximum atomic E-state index is 13.9. The first kappa shape index (κ1) is 17.9. The second-order valence-electron chi connectivity index (χ2n) is 4.74. The number of ether oxygens (including phenoxy) is 1. The minimum absolute atomic E-state index is 0. The Kier molecular flexibility index (Phi) is 6.82. The fourth-order valence-corrected chi connectivity index (χ4v) is 1.86. The lowest BCUT2D eigenvalue weighted by atomic mass is 10.1. The number of amides is 1. The molecule has 0 bridgehead atoms. The fourth-order valence-electron chi connectivity index (χ4n) is 1.86. The van der Waals surface area contributed by atoms with E-state index in [-0.39, 0.29) is 18.8 Å². The molecule has 4 N–H and O–H groups in total. The summed E-state index contributed by atoms with van der Waals surface area (Å²) < 4.78 is 19.4. The molecule has 0 aliphatic rings. The molecule has 0 saturated carbocycles. The Morgan fingerprint density at radius 1 is 1.18 bits per heavy atom. The molecule has 0 aromatic heterocycles. The SMILES string of the molecule is Cl.NC(=O)[C@@H](N)Cc1ccc(OCc2ccccc2)cc1F. The molecule has 0 fully saturated rings. The Morgan fingerprint density at radius 3 is 2.45 bits per heavy atom. The third-order valence-electron chi connectivity index (χ3n) is 3.08. The van der Waals surface area contributed by atoms with Crippen molar-refractivity contribution < 1.29 is 13.9 Å². The van der Waals surface area contributed by atoms with Crippen molar-refractivity contribution in [3.63, 3.8) is 0 Å². The van der Waals surface area contributed by atoms with Gasteiger partial charge in [0.25, 0.3) is 0 Å². The van der Waals surface area contributed by atoms with Gasteiger partial charge in [0, 0.05) is 6.07 Å². The van der Waals surface area contributed by atoms with E-state index in [0.717, 1.165) is 5.56 Å². The van der Waals surface area contributed by atoms with Gasteiger partial charge in [0.15, 0.2) is 0 Å². The van der Waals surface area contributed by atoms with Gasteiger partial charge in [-0.25, -0.2) is 4.39 Å². The lowest BCUT2D eigenvalue weighted by Gasteiger charge is -2.11. The minimum atomic E-state index is -0.893. The van der Waals surface area contributed by atoms with Crippen LogP contribution in [0.25, 0.3) is 0 Å². The van der Waals surface area contributed by atoms with E-state index >= 15 is 0 Å². The smallest absolute Gasteiger partial charge is 0.234 e. The van der Waals surface area contributed by atoms with E-state index in [9.17, 15) is 9.18 Å². The van der Waals surface area contributed by atoms with Crippen LogP contribution in [0.4, 0.5) is 4.39 Å². The molecule has 0 heterocycles. The van der Waals surface area contributed by atoms with Crippen LogP contribution in [-0.2, 0) is 17.8 Å². The highest BCUT2D eigenvalue weighted by atomic mass is 35.5. The third-order valence-corrected chi connectivity index (χ3v) is 3.08. The molecule has 2 rings (SSSR count). The summed E-state index contributed by atoms with van der Waals surface area (Å²) >= 11 is 0. The fraction of sp³-hybridized carbons (Fsp3) is 0.188. The molecule has 1 atom stereocenters. The molecule has 0 aliphatic heterocycles. The van der Waals surface area contributed by atoms with Crippen molar-refractivity contribution in [2.24, 2.45) is 11.5 Å². The normalized spacial score (nSPS) is 11.4. The predicted octanol–water partition coefficient (Wildman–Crippen LogP) is 2.18. The van der Waals surface area contributed by atoms with E-state index in [0.29, 0.717) is 17.9 Å². The van der Waals surface area contributed by atoms with Crippen molar-refractivity contribution in [3.8, 4) is 5.75 Å². The maximum absolute atomic E-state index is 13.9. The summed E-state index contributed by atoms with van der Waals surface area (Å²) in [7, 11) is 0. The van der Waals surface area contributed by atoms with Crippen molar-refractivity contribution in [2.75, 3.05) is 0 Å². The summed E-state index contributed by atoms with van der Waals surface area (Å²) in [5.74, 6) is -0.691. The maximum Gasteiger partial charge on any atom is 0.234 e. The molecular weight excluding hydrogens is 307 g/mol.